The number of rotatable bonds is 10. The first-order valence-electron chi connectivity index (χ1n) is 8.75. The summed E-state index contributed by atoms with van der Waals surface area (Å²) in [4.78, 5) is 0.180. The Bertz CT molecular complexity index is 819. The molecule has 0 amide bonds. The van der Waals surface area contributed by atoms with Gasteiger partial charge in [0.1, 0.15) is 11.5 Å². The van der Waals surface area contributed by atoms with Gasteiger partial charge >= 0.3 is 0 Å². The second kappa shape index (κ2) is 9.73. The lowest BCUT2D eigenvalue weighted by molar-refractivity contribution is 0.107. The molecule has 0 spiro atoms. The highest BCUT2D eigenvalue weighted by molar-refractivity contribution is 7.89. The van der Waals surface area contributed by atoms with E-state index in [1.807, 2.05) is 24.3 Å². The number of hydrogen-bond donors (Lipinski definition) is 1. The summed E-state index contributed by atoms with van der Waals surface area (Å²) in [5.74, 6) is 1.74. The lowest BCUT2D eigenvalue weighted by Crippen LogP contribution is -2.29. The topological polar surface area (TPSA) is 73.9 Å². The van der Waals surface area contributed by atoms with Gasteiger partial charge in [-0.2, -0.15) is 0 Å². The highest BCUT2D eigenvalue weighted by atomic mass is 32.2. The maximum atomic E-state index is 12.6. The van der Waals surface area contributed by atoms with Crippen LogP contribution in [0.25, 0.3) is 0 Å². The van der Waals surface area contributed by atoms with Crippen LogP contribution in [0.3, 0.4) is 0 Å². The van der Waals surface area contributed by atoms with Crippen molar-refractivity contribution in [1.82, 2.24) is 4.72 Å². The summed E-state index contributed by atoms with van der Waals surface area (Å²) in [7, 11) is -0.531. The van der Waals surface area contributed by atoms with Crippen LogP contribution in [0.5, 0.6) is 11.5 Å². The molecule has 0 aliphatic heterocycles. The predicted molar refractivity (Wildman–Crippen MR) is 105 cm³/mol. The number of sulfonamides is 1. The molecule has 0 radical (unpaired) electrons. The summed E-state index contributed by atoms with van der Waals surface area (Å²) < 4.78 is 43.9. The van der Waals surface area contributed by atoms with E-state index in [0.29, 0.717) is 24.0 Å². The van der Waals surface area contributed by atoms with Crippen molar-refractivity contribution in [2.24, 2.45) is 5.92 Å². The average Bonchev–Trinajstić information content (AvgIpc) is 2.67. The molecule has 2 aromatic carbocycles. The van der Waals surface area contributed by atoms with Crippen molar-refractivity contribution in [3.05, 3.63) is 54.1 Å². The Morgan fingerprint density at radius 3 is 2.30 bits per heavy atom. The minimum absolute atomic E-state index is 0.109. The molecule has 1 N–H and O–H groups in total. The van der Waals surface area contributed by atoms with E-state index >= 15 is 0 Å². The number of hydrogen-bond acceptors (Lipinski definition) is 5. The molecule has 0 saturated heterocycles. The van der Waals surface area contributed by atoms with Crippen LogP contribution in [0, 0.1) is 5.92 Å². The zero-order chi connectivity index (χ0) is 19.9. The van der Waals surface area contributed by atoms with Crippen molar-refractivity contribution in [2.75, 3.05) is 27.4 Å². The quantitative estimate of drug-likeness (QED) is 0.670. The molecule has 0 fully saturated rings. The first kappa shape index (κ1) is 21.2. The van der Waals surface area contributed by atoms with E-state index in [2.05, 4.69) is 18.6 Å². The van der Waals surface area contributed by atoms with E-state index < -0.39 is 16.1 Å². The first-order valence-corrected chi connectivity index (χ1v) is 10.2. The Morgan fingerprint density at radius 2 is 1.70 bits per heavy atom. The summed E-state index contributed by atoms with van der Waals surface area (Å²) >= 11 is 0. The predicted octanol–water partition coefficient (Wildman–Crippen LogP) is 3.40. The van der Waals surface area contributed by atoms with Crippen molar-refractivity contribution in [1.29, 1.82) is 0 Å². The molecule has 7 heteroatoms. The molecule has 0 saturated carbocycles. The van der Waals surface area contributed by atoms with Crippen molar-refractivity contribution >= 4 is 10.0 Å². The van der Waals surface area contributed by atoms with Crippen LogP contribution in [0.2, 0.25) is 0 Å². The molecule has 27 heavy (non-hydrogen) atoms. The number of nitrogens with one attached hydrogen (secondary N) is 1. The molecule has 1 atom stereocenters. The lowest BCUT2D eigenvalue weighted by Gasteiger charge is -2.17. The molecule has 1 unspecified atom stereocenters. The molecule has 0 aromatic heterocycles. The van der Waals surface area contributed by atoms with E-state index in [1.165, 1.54) is 12.1 Å². The average molecular weight is 394 g/mol. The van der Waals surface area contributed by atoms with Gasteiger partial charge in [0, 0.05) is 13.7 Å². The maximum Gasteiger partial charge on any atom is 0.240 e. The van der Waals surface area contributed by atoms with E-state index in [0.717, 1.165) is 5.56 Å². The van der Waals surface area contributed by atoms with Crippen LogP contribution in [-0.4, -0.2) is 35.8 Å². The second-order valence-corrected chi connectivity index (χ2v) is 8.30. The highest BCUT2D eigenvalue weighted by Crippen LogP contribution is 2.22. The van der Waals surface area contributed by atoms with E-state index in [1.54, 1.807) is 26.4 Å². The van der Waals surface area contributed by atoms with Crippen molar-refractivity contribution in [3.63, 3.8) is 0 Å². The summed E-state index contributed by atoms with van der Waals surface area (Å²) in [5.41, 5.74) is 0.831. The van der Waals surface area contributed by atoms with Crippen LogP contribution in [0.1, 0.15) is 25.5 Å². The van der Waals surface area contributed by atoms with Gasteiger partial charge in [0.05, 0.1) is 24.7 Å². The number of benzene rings is 2. The molecule has 6 nitrogen and oxygen atoms in total. The Balaban J connectivity index is 2.04. The normalized spacial score (nSPS) is 12.8. The fraction of sp³-hybridized carbons (Fsp3) is 0.400. The Labute approximate surface area is 161 Å². The van der Waals surface area contributed by atoms with Crippen molar-refractivity contribution in [2.45, 2.75) is 24.8 Å². The SMILES string of the molecule is COc1cccc(C(CNS(=O)(=O)c2ccc(OCC(C)C)cc2)OC)c1. The lowest BCUT2D eigenvalue weighted by atomic mass is 10.1. The summed E-state index contributed by atoms with van der Waals surface area (Å²) in [6, 6.07) is 13.7. The maximum absolute atomic E-state index is 12.6. The van der Waals surface area contributed by atoms with E-state index in [4.69, 9.17) is 14.2 Å². The zero-order valence-corrected chi connectivity index (χ0v) is 17.0. The third kappa shape index (κ3) is 6.23. The summed E-state index contributed by atoms with van der Waals surface area (Å²) in [6.45, 7) is 4.80. The van der Waals surface area contributed by atoms with Crippen LogP contribution in [0.15, 0.2) is 53.4 Å². The molecule has 148 valence electrons. The molecular formula is C20H27NO5S. The minimum Gasteiger partial charge on any atom is -0.497 e. The summed E-state index contributed by atoms with van der Waals surface area (Å²) in [6.07, 6.45) is -0.427. The van der Waals surface area contributed by atoms with E-state index in [-0.39, 0.29) is 11.4 Å². The molecule has 0 aliphatic rings. The fourth-order valence-electron chi connectivity index (χ4n) is 2.43. The third-order valence-corrected chi connectivity index (χ3v) is 5.37. The Morgan fingerprint density at radius 1 is 1.00 bits per heavy atom. The van der Waals surface area contributed by atoms with Gasteiger partial charge in [-0.25, -0.2) is 13.1 Å². The molecule has 2 aromatic rings. The minimum atomic E-state index is -3.65. The van der Waals surface area contributed by atoms with Crippen molar-refractivity contribution < 1.29 is 22.6 Å². The van der Waals surface area contributed by atoms with Gasteiger partial charge in [-0.3, -0.25) is 0 Å². The fourth-order valence-corrected chi connectivity index (χ4v) is 3.46. The molecule has 2 rings (SSSR count). The first-order chi connectivity index (χ1) is 12.9. The standard InChI is InChI=1S/C20H27NO5S/c1-15(2)14-26-17-8-10-19(11-9-17)27(22,23)21-13-20(25-4)16-6-5-7-18(12-16)24-3/h5-12,15,20-21H,13-14H2,1-4H3. The second-order valence-electron chi connectivity index (χ2n) is 6.53. The van der Waals surface area contributed by atoms with Gasteiger partial charge < -0.3 is 14.2 Å². The monoisotopic (exact) mass is 393 g/mol. The van der Waals surface area contributed by atoms with Gasteiger partial charge in [-0.1, -0.05) is 26.0 Å². The smallest absolute Gasteiger partial charge is 0.240 e. The number of ether oxygens (including phenoxy) is 3. The van der Waals surface area contributed by atoms with Crippen molar-refractivity contribution in [3.8, 4) is 11.5 Å². The van der Waals surface area contributed by atoms with E-state index in [9.17, 15) is 8.42 Å². The molecule has 0 bridgehead atoms. The largest absolute Gasteiger partial charge is 0.497 e. The van der Waals surface area contributed by atoms with Gasteiger partial charge in [-0.05, 0) is 47.9 Å². The summed E-state index contributed by atoms with van der Waals surface area (Å²) in [5, 5.41) is 0. The van der Waals surface area contributed by atoms with Gasteiger partial charge in [0.25, 0.3) is 0 Å². The van der Waals surface area contributed by atoms with Crippen LogP contribution in [-0.2, 0) is 14.8 Å². The third-order valence-electron chi connectivity index (χ3n) is 3.93. The van der Waals surface area contributed by atoms with Crippen LogP contribution >= 0.6 is 0 Å². The highest BCUT2D eigenvalue weighted by Gasteiger charge is 2.18. The van der Waals surface area contributed by atoms with Crippen LogP contribution < -0.4 is 14.2 Å². The Kier molecular flexibility index (Phi) is 7.65. The van der Waals surface area contributed by atoms with Gasteiger partial charge in [0.15, 0.2) is 0 Å². The van der Waals surface area contributed by atoms with Crippen LogP contribution in [0.4, 0.5) is 0 Å². The van der Waals surface area contributed by atoms with Gasteiger partial charge in [-0.15, -0.1) is 0 Å². The molecule has 0 aliphatic carbocycles. The zero-order valence-electron chi connectivity index (χ0n) is 16.1. The molecule has 0 heterocycles. The van der Waals surface area contributed by atoms with Gasteiger partial charge in [0.2, 0.25) is 10.0 Å². The number of methoxy groups -OCH3 is 2. The molecular weight excluding hydrogens is 366 g/mol. The Hall–Kier alpha value is -2.09.